The number of aryl methyl sites for hydroxylation is 1. The second-order valence-electron chi connectivity index (χ2n) is 4.26. The lowest BCUT2D eigenvalue weighted by Crippen LogP contribution is -2.26. The molecule has 0 N–H and O–H groups in total. The van der Waals surface area contributed by atoms with Crippen molar-refractivity contribution in [1.29, 1.82) is 0 Å². The fourth-order valence-electron chi connectivity index (χ4n) is 2.06. The van der Waals surface area contributed by atoms with Gasteiger partial charge in [-0.2, -0.15) is 0 Å². The van der Waals surface area contributed by atoms with E-state index >= 15 is 0 Å². The molecule has 6 nitrogen and oxygen atoms in total. The lowest BCUT2D eigenvalue weighted by Gasteiger charge is -2.15. The van der Waals surface area contributed by atoms with Crippen LogP contribution in [0.3, 0.4) is 0 Å². The van der Waals surface area contributed by atoms with E-state index in [9.17, 15) is 14.9 Å². The summed E-state index contributed by atoms with van der Waals surface area (Å²) < 4.78 is 0. The van der Waals surface area contributed by atoms with E-state index in [1.165, 1.54) is 11.1 Å². The number of anilines is 1. The Morgan fingerprint density at radius 3 is 2.94 bits per heavy atom. The number of amides is 1. The van der Waals surface area contributed by atoms with Crippen LogP contribution in [0.5, 0.6) is 0 Å². The smallest absolute Gasteiger partial charge is 0.290 e. The highest BCUT2D eigenvalue weighted by Crippen LogP contribution is 2.33. The minimum Gasteiger partial charge on any atom is -0.290 e. The Hall–Kier alpha value is -2.24. The first-order valence-corrected chi connectivity index (χ1v) is 5.57. The highest BCUT2D eigenvalue weighted by atomic mass is 16.6. The van der Waals surface area contributed by atoms with Crippen LogP contribution in [-0.4, -0.2) is 22.4 Å². The molecular formula is C12H13N3O3. The average molecular weight is 247 g/mol. The van der Waals surface area contributed by atoms with Gasteiger partial charge in [0, 0.05) is 30.6 Å². The second kappa shape index (κ2) is 4.56. The van der Waals surface area contributed by atoms with Gasteiger partial charge in [0.25, 0.3) is 0 Å². The van der Waals surface area contributed by atoms with Crippen LogP contribution in [-0.2, 0) is 4.79 Å². The fraction of sp³-hybridized carbons (Fsp3) is 0.333. The predicted octanol–water partition coefficient (Wildman–Crippen LogP) is 1.84. The Balaban J connectivity index is 2.46. The van der Waals surface area contributed by atoms with Crippen molar-refractivity contribution in [3.05, 3.63) is 40.6 Å². The number of rotatable bonds is 3. The fourth-order valence-corrected chi connectivity index (χ4v) is 2.06. The molecule has 1 aliphatic rings. The quantitative estimate of drug-likeness (QED) is 0.464. The third-order valence-corrected chi connectivity index (χ3v) is 3.03. The van der Waals surface area contributed by atoms with E-state index < -0.39 is 4.92 Å². The number of nitro groups is 1. The lowest BCUT2D eigenvalue weighted by molar-refractivity contribution is -0.384. The van der Waals surface area contributed by atoms with Crippen LogP contribution in [0.1, 0.15) is 12.0 Å². The van der Waals surface area contributed by atoms with E-state index in [2.05, 4.69) is 11.6 Å². The van der Waals surface area contributed by atoms with E-state index in [4.69, 9.17) is 0 Å². The molecule has 1 atom stereocenters. The molecule has 0 aliphatic carbocycles. The van der Waals surface area contributed by atoms with Crippen molar-refractivity contribution in [2.24, 2.45) is 5.92 Å². The third-order valence-electron chi connectivity index (χ3n) is 3.03. The van der Waals surface area contributed by atoms with Crippen molar-refractivity contribution in [2.45, 2.75) is 13.3 Å². The molecule has 1 aliphatic heterocycles. The van der Waals surface area contributed by atoms with E-state index in [-0.39, 0.29) is 23.3 Å². The van der Waals surface area contributed by atoms with Crippen molar-refractivity contribution >= 4 is 17.4 Å². The molecule has 1 amide bonds. The van der Waals surface area contributed by atoms with E-state index in [0.29, 0.717) is 18.5 Å². The monoisotopic (exact) mass is 247 g/mol. The highest BCUT2D eigenvalue weighted by molar-refractivity contribution is 5.97. The first-order chi connectivity index (χ1) is 8.54. The lowest BCUT2D eigenvalue weighted by atomic mass is 10.1. The van der Waals surface area contributed by atoms with Gasteiger partial charge in [-0.05, 0) is 13.0 Å². The summed E-state index contributed by atoms with van der Waals surface area (Å²) in [6, 6.07) is 1.56. The molecule has 6 heteroatoms. The maximum absolute atomic E-state index is 11.8. The van der Waals surface area contributed by atoms with Crippen LogP contribution >= 0.6 is 0 Å². The normalized spacial score (nSPS) is 19.1. The SMILES string of the molecule is C=CC1CC(=O)N(c2nccc(C)c2[N+](=O)[O-])C1. The van der Waals surface area contributed by atoms with E-state index in [1.54, 1.807) is 19.1 Å². The molecule has 0 spiro atoms. The third kappa shape index (κ3) is 1.97. The number of pyridine rings is 1. The Kier molecular flexibility index (Phi) is 3.10. The van der Waals surface area contributed by atoms with Crippen LogP contribution in [0, 0.1) is 23.0 Å². The van der Waals surface area contributed by atoms with Crippen LogP contribution in [0.4, 0.5) is 11.5 Å². The maximum Gasteiger partial charge on any atom is 0.314 e. The van der Waals surface area contributed by atoms with Crippen molar-refractivity contribution in [3.63, 3.8) is 0 Å². The number of hydrogen-bond acceptors (Lipinski definition) is 4. The maximum atomic E-state index is 11.8. The highest BCUT2D eigenvalue weighted by Gasteiger charge is 2.34. The summed E-state index contributed by atoms with van der Waals surface area (Å²) in [6.45, 7) is 5.68. The summed E-state index contributed by atoms with van der Waals surface area (Å²) in [6.07, 6.45) is 3.50. The Labute approximate surface area is 104 Å². The summed E-state index contributed by atoms with van der Waals surface area (Å²) in [5.41, 5.74) is 0.399. The molecule has 2 heterocycles. The molecule has 0 bridgehead atoms. The Morgan fingerprint density at radius 2 is 2.39 bits per heavy atom. The van der Waals surface area contributed by atoms with Crippen LogP contribution < -0.4 is 4.90 Å². The number of aromatic nitrogens is 1. The molecule has 1 unspecified atom stereocenters. The zero-order chi connectivity index (χ0) is 13.3. The van der Waals surface area contributed by atoms with Crippen LogP contribution in [0.15, 0.2) is 24.9 Å². The summed E-state index contributed by atoms with van der Waals surface area (Å²) in [5.74, 6) is 0.00914. The first kappa shape index (κ1) is 12.2. The van der Waals surface area contributed by atoms with Gasteiger partial charge in [-0.25, -0.2) is 4.98 Å². The molecule has 1 saturated heterocycles. The number of nitrogens with zero attached hydrogens (tertiary/aromatic N) is 3. The van der Waals surface area contributed by atoms with Gasteiger partial charge in [-0.3, -0.25) is 19.8 Å². The van der Waals surface area contributed by atoms with Gasteiger partial charge >= 0.3 is 5.69 Å². The summed E-state index contributed by atoms with van der Waals surface area (Å²) in [7, 11) is 0. The van der Waals surface area contributed by atoms with Gasteiger partial charge in [0.1, 0.15) is 0 Å². The Morgan fingerprint density at radius 1 is 1.67 bits per heavy atom. The average Bonchev–Trinajstić information content (AvgIpc) is 2.69. The minimum absolute atomic E-state index is 0.0272. The van der Waals surface area contributed by atoms with Gasteiger partial charge < -0.3 is 0 Å². The molecule has 0 saturated carbocycles. The standard InChI is InChI=1S/C12H13N3O3/c1-3-9-6-10(16)14(7-9)12-11(15(17)18)8(2)4-5-13-12/h3-5,9H,1,6-7H2,2H3. The Bertz CT molecular complexity index is 527. The molecule has 0 radical (unpaired) electrons. The molecule has 1 fully saturated rings. The van der Waals surface area contributed by atoms with Crippen molar-refractivity contribution in [3.8, 4) is 0 Å². The number of carbonyl (C=O) groups is 1. The largest absolute Gasteiger partial charge is 0.314 e. The zero-order valence-electron chi connectivity index (χ0n) is 10.00. The molecule has 2 rings (SSSR count). The molecule has 1 aromatic heterocycles. The van der Waals surface area contributed by atoms with Gasteiger partial charge in [0.15, 0.2) is 0 Å². The summed E-state index contributed by atoms with van der Waals surface area (Å²) in [5, 5.41) is 11.1. The van der Waals surface area contributed by atoms with Crippen molar-refractivity contribution in [2.75, 3.05) is 11.4 Å². The van der Waals surface area contributed by atoms with Crippen LogP contribution in [0.2, 0.25) is 0 Å². The van der Waals surface area contributed by atoms with Crippen molar-refractivity contribution < 1.29 is 9.72 Å². The van der Waals surface area contributed by atoms with Crippen LogP contribution in [0.25, 0.3) is 0 Å². The topological polar surface area (TPSA) is 76.3 Å². The summed E-state index contributed by atoms with van der Waals surface area (Å²) in [4.78, 5) is 27.8. The number of carbonyl (C=O) groups excluding carboxylic acids is 1. The molecule has 1 aromatic rings. The molecule has 94 valence electrons. The zero-order valence-corrected chi connectivity index (χ0v) is 10.00. The van der Waals surface area contributed by atoms with Gasteiger partial charge in [-0.1, -0.05) is 6.08 Å². The second-order valence-corrected chi connectivity index (χ2v) is 4.26. The predicted molar refractivity (Wildman–Crippen MR) is 66.3 cm³/mol. The van der Waals surface area contributed by atoms with Gasteiger partial charge in [0.2, 0.25) is 11.7 Å². The van der Waals surface area contributed by atoms with Gasteiger partial charge in [0.05, 0.1) is 4.92 Å². The molecule has 18 heavy (non-hydrogen) atoms. The molecule has 0 aromatic carbocycles. The van der Waals surface area contributed by atoms with Crippen molar-refractivity contribution in [1.82, 2.24) is 4.98 Å². The van der Waals surface area contributed by atoms with E-state index in [0.717, 1.165) is 0 Å². The van der Waals surface area contributed by atoms with Gasteiger partial charge in [-0.15, -0.1) is 6.58 Å². The molecular weight excluding hydrogens is 234 g/mol. The summed E-state index contributed by atoms with van der Waals surface area (Å²) >= 11 is 0. The van der Waals surface area contributed by atoms with E-state index in [1.807, 2.05) is 0 Å². The number of hydrogen-bond donors (Lipinski definition) is 0. The minimum atomic E-state index is -0.494. The first-order valence-electron chi connectivity index (χ1n) is 5.57.